The Morgan fingerprint density at radius 3 is 2.46 bits per heavy atom. The third-order valence-corrected chi connectivity index (χ3v) is 4.06. The van der Waals surface area contributed by atoms with Crippen LogP contribution >= 0.6 is 11.6 Å². The molecule has 0 atom stereocenters. The molecule has 0 aliphatic carbocycles. The number of carbonyl (C=O) groups is 2. The molecule has 0 spiro atoms. The topological polar surface area (TPSA) is 77.6 Å². The van der Waals surface area contributed by atoms with E-state index < -0.39 is 23.7 Å². The molecule has 26 heavy (non-hydrogen) atoms. The van der Waals surface area contributed by atoms with Gasteiger partial charge in [0.2, 0.25) is 5.91 Å². The van der Waals surface area contributed by atoms with E-state index in [0.717, 1.165) is 12.3 Å². The summed E-state index contributed by atoms with van der Waals surface area (Å²) in [7, 11) is 0. The summed E-state index contributed by atoms with van der Waals surface area (Å²) in [4.78, 5) is 30.5. The number of piperazine rings is 1. The van der Waals surface area contributed by atoms with Crippen LogP contribution in [0.25, 0.3) is 0 Å². The van der Waals surface area contributed by atoms with Crippen molar-refractivity contribution in [2.24, 2.45) is 0 Å². The molecule has 0 aromatic carbocycles. The van der Waals surface area contributed by atoms with Gasteiger partial charge >= 0.3 is 12.2 Å². The van der Waals surface area contributed by atoms with Gasteiger partial charge in [-0.1, -0.05) is 11.6 Å². The average Bonchev–Trinajstić information content (AvgIpc) is 2.55. The number of hydrogen-bond donors (Lipinski definition) is 2. The number of hydrogen-bond acceptors (Lipinski definition) is 5. The lowest BCUT2D eigenvalue weighted by Gasteiger charge is -2.35. The van der Waals surface area contributed by atoms with Crippen LogP contribution in [0.15, 0.2) is 12.3 Å². The van der Waals surface area contributed by atoms with E-state index in [4.69, 9.17) is 11.6 Å². The molecule has 7 nitrogen and oxygen atoms in total. The zero-order chi connectivity index (χ0) is 19.3. The summed E-state index contributed by atoms with van der Waals surface area (Å²) >= 11 is 5.95. The molecule has 144 valence electrons. The number of anilines is 1. The molecule has 11 heteroatoms. The Morgan fingerprint density at radius 1 is 1.27 bits per heavy atom. The lowest BCUT2D eigenvalue weighted by molar-refractivity contribution is -0.137. The van der Waals surface area contributed by atoms with Gasteiger partial charge in [-0.25, -0.2) is 9.78 Å². The number of imide groups is 1. The lowest BCUT2D eigenvalue weighted by atomic mass is 10.2. The second-order valence-corrected chi connectivity index (χ2v) is 6.11. The highest BCUT2D eigenvalue weighted by molar-refractivity contribution is 6.33. The predicted molar refractivity (Wildman–Crippen MR) is 90.1 cm³/mol. The Bertz CT molecular complexity index is 663. The highest BCUT2D eigenvalue weighted by Crippen LogP contribution is 2.33. The van der Waals surface area contributed by atoms with Gasteiger partial charge in [-0.2, -0.15) is 13.2 Å². The zero-order valence-corrected chi connectivity index (χ0v) is 14.8. The molecule has 0 saturated carbocycles. The number of rotatable bonds is 4. The fraction of sp³-hybridized carbons (Fsp3) is 0.533. The summed E-state index contributed by atoms with van der Waals surface area (Å²) in [5, 5.41) is 4.61. The SMILES string of the molecule is CCNC(=O)NC(=O)CN1CCN(c2ncc(C(F)(F)F)cc2Cl)CC1. The number of halogens is 4. The summed E-state index contributed by atoms with van der Waals surface area (Å²) in [5.41, 5.74) is -0.896. The van der Waals surface area contributed by atoms with Crippen molar-refractivity contribution in [2.75, 3.05) is 44.2 Å². The minimum atomic E-state index is -4.49. The van der Waals surface area contributed by atoms with E-state index in [2.05, 4.69) is 15.6 Å². The number of alkyl halides is 3. The Morgan fingerprint density at radius 2 is 1.92 bits per heavy atom. The highest BCUT2D eigenvalue weighted by Gasteiger charge is 2.32. The van der Waals surface area contributed by atoms with Crippen LogP contribution in [0.2, 0.25) is 5.02 Å². The Kier molecular flexibility index (Phi) is 6.65. The summed E-state index contributed by atoms with van der Waals surface area (Å²) < 4.78 is 38.0. The van der Waals surface area contributed by atoms with Crippen molar-refractivity contribution < 1.29 is 22.8 Å². The number of aromatic nitrogens is 1. The molecule has 3 amide bonds. The molecule has 0 radical (unpaired) electrons. The molecule has 1 aliphatic heterocycles. The quantitative estimate of drug-likeness (QED) is 0.814. The van der Waals surface area contributed by atoms with Crippen molar-refractivity contribution in [3.8, 4) is 0 Å². The van der Waals surface area contributed by atoms with Gasteiger partial charge < -0.3 is 10.2 Å². The lowest BCUT2D eigenvalue weighted by Crippen LogP contribution is -2.51. The highest BCUT2D eigenvalue weighted by atomic mass is 35.5. The van der Waals surface area contributed by atoms with Gasteiger partial charge in [-0.3, -0.25) is 15.0 Å². The van der Waals surface area contributed by atoms with Crippen molar-refractivity contribution in [1.82, 2.24) is 20.5 Å². The third-order valence-electron chi connectivity index (χ3n) is 3.78. The summed E-state index contributed by atoms with van der Waals surface area (Å²) in [6, 6.07) is 0.313. The largest absolute Gasteiger partial charge is 0.417 e. The number of nitrogens with one attached hydrogen (secondary N) is 2. The van der Waals surface area contributed by atoms with Crippen LogP contribution in [-0.2, 0) is 11.0 Å². The minimum Gasteiger partial charge on any atom is -0.353 e. The Balaban J connectivity index is 1.88. The molecule has 0 unspecified atom stereocenters. The van der Waals surface area contributed by atoms with E-state index in [-0.39, 0.29) is 17.4 Å². The molecular weight excluding hydrogens is 375 g/mol. The Labute approximate surface area is 153 Å². The third kappa shape index (κ3) is 5.46. The monoisotopic (exact) mass is 393 g/mol. The summed E-state index contributed by atoms with van der Waals surface area (Å²) in [6.45, 7) is 4.09. The van der Waals surface area contributed by atoms with Crippen molar-refractivity contribution in [3.63, 3.8) is 0 Å². The van der Waals surface area contributed by atoms with Crippen LogP contribution in [0, 0.1) is 0 Å². The van der Waals surface area contributed by atoms with Crippen LogP contribution in [0.1, 0.15) is 12.5 Å². The number of nitrogens with zero attached hydrogens (tertiary/aromatic N) is 3. The van der Waals surface area contributed by atoms with Crippen LogP contribution < -0.4 is 15.5 Å². The summed E-state index contributed by atoms with van der Waals surface area (Å²) in [5.74, 6) is -0.138. The first-order chi connectivity index (χ1) is 12.2. The normalized spacial score (nSPS) is 15.7. The van der Waals surface area contributed by atoms with Crippen LogP contribution in [0.5, 0.6) is 0 Å². The predicted octanol–water partition coefficient (Wildman–Crippen LogP) is 1.72. The van der Waals surface area contributed by atoms with Gasteiger partial charge in [-0.15, -0.1) is 0 Å². The molecular formula is C15H19ClF3N5O2. The van der Waals surface area contributed by atoms with E-state index in [1.807, 2.05) is 4.90 Å². The van der Waals surface area contributed by atoms with Crippen molar-refractivity contribution in [2.45, 2.75) is 13.1 Å². The molecule has 1 aliphatic rings. The maximum Gasteiger partial charge on any atom is 0.417 e. The van der Waals surface area contributed by atoms with Gasteiger partial charge in [0.05, 0.1) is 17.1 Å². The first kappa shape index (κ1) is 20.2. The van der Waals surface area contributed by atoms with Crippen molar-refractivity contribution >= 4 is 29.4 Å². The number of pyridine rings is 1. The van der Waals surface area contributed by atoms with Crippen LogP contribution in [0.4, 0.5) is 23.8 Å². The van der Waals surface area contributed by atoms with Gasteiger partial charge in [0.15, 0.2) is 0 Å². The van der Waals surface area contributed by atoms with E-state index in [1.54, 1.807) is 11.8 Å². The minimum absolute atomic E-state index is 0.0547. The molecule has 2 heterocycles. The van der Waals surface area contributed by atoms with Gasteiger partial charge in [0.1, 0.15) is 5.82 Å². The first-order valence-corrected chi connectivity index (χ1v) is 8.36. The molecule has 2 N–H and O–H groups in total. The standard InChI is InChI=1S/C15H19ClF3N5O2/c1-2-20-14(26)22-12(25)9-23-3-5-24(6-4-23)13-11(16)7-10(8-21-13)15(17,18)19/h7-8H,2-6,9H2,1H3,(H2,20,22,25,26). The maximum atomic E-state index is 12.7. The first-order valence-electron chi connectivity index (χ1n) is 7.98. The average molecular weight is 394 g/mol. The number of amides is 3. The van der Waals surface area contributed by atoms with Crippen LogP contribution in [-0.4, -0.2) is 61.1 Å². The fourth-order valence-corrected chi connectivity index (χ4v) is 2.80. The fourth-order valence-electron chi connectivity index (χ4n) is 2.51. The molecule has 1 aromatic heterocycles. The van der Waals surface area contributed by atoms with Crippen LogP contribution in [0.3, 0.4) is 0 Å². The molecule has 1 aromatic rings. The molecule has 0 bridgehead atoms. The van der Waals surface area contributed by atoms with E-state index in [0.29, 0.717) is 32.7 Å². The van der Waals surface area contributed by atoms with E-state index in [9.17, 15) is 22.8 Å². The van der Waals surface area contributed by atoms with Crippen molar-refractivity contribution in [1.29, 1.82) is 0 Å². The van der Waals surface area contributed by atoms with Gasteiger partial charge in [0, 0.05) is 38.9 Å². The summed E-state index contributed by atoms with van der Waals surface area (Å²) in [6.07, 6.45) is -3.74. The molecule has 2 rings (SSSR count). The van der Waals surface area contributed by atoms with E-state index in [1.165, 1.54) is 0 Å². The molecule has 1 saturated heterocycles. The number of carbonyl (C=O) groups excluding carboxylic acids is 2. The smallest absolute Gasteiger partial charge is 0.353 e. The van der Waals surface area contributed by atoms with Crippen molar-refractivity contribution in [3.05, 3.63) is 22.8 Å². The van der Waals surface area contributed by atoms with E-state index >= 15 is 0 Å². The number of urea groups is 1. The maximum absolute atomic E-state index is 12.7. The van der Waals surface area contributed by atoms with Gasteiger partial charge in [0.25, 0.3) is 0 Å². The second-order valence-electron chi connectivity index (χ2n) is 5.70. The Hall–Kier alpha value is -2.07. The zero-order valence-electron chi connectivity index (χ0n) is 14.1. The molecule has 1 fully saturated rings. The second kappa shape index (κ2) is 8.54. The van der Waals surface area contributed by atoms with Gasteiger partial charge in [-0.05, 0) is 13.0 Å².